The van der Waals surface area contributed by atoms with Gasteiger partial charge in [-0.05, 0) is 198 Å². The predicted octanol–water partition coefficient (Wildman–Crippen LogP) is 21.3. The number of ether oxygens (including phenoxy) is 1. The van der Waals surface area contributed by atoms with Crippen molar-refractivity contribution in [2.45, 2.75) is 19.3 Å². The van der Waals surface area contributed by atoms with Crippen LogP contribution in [0.3, 0.4) is 0 Å². The number of pyridine rings is 4. The van der Waals surface area contributed by atoms with Gasteiger partial charge in [0.2, 0.25) is 22.9 Å². The number of nitrogens with one attached hydrogen (secondary N) is 13. The molecule has 1 saturated carbocycles. The molecule has 5 amide bonds. The van der Waals surface area contributed by atoms with E-state index in [0.717, 1.165) is 47.1 Å². The second kappa shape index (κ2) is 44.2. The van der Waals surface area contributed by atoms with Crippen molar-refractivity contribution < 1.29 is 72.6 Å². The van der Waals surface area contributed by atoms with E-state index >= 15 is 0 Å². The summed E-state index contributed by atoms with van der Waals surface area (Å²) in [6, 6.07) is 56.2. The first kappa shape index (κ1) is 96.8. The fraction of sp³-hybridized carbons (Fsp3) is 0.0476. The van der Waals surface area contributed by atoms with E-state index in [1.165, 1.54) is 189 Å². The average Bonchev–Trinajstić information content (AvgIpc) is 1.69. The number of nitrogens with zero attached hydrogens (tertiary/aromatic N) is 6. The number of hydrogen-bond acceptors (Lipinski definition) is 15. The molecular weight excluding hydrogens is 1860 g/mol. The number of H-pyrrole nitrogens is 8. The largest absolute Gasteiger partial charge is 0.480 e. The van der Waals surface area contributed by atoms with E-state index in [1.807, 2.05) is 0 Å². The van der Waals surface area contributed by atoms with Crippen molar-refractivity contribution >= 4 is 173 Å². The second-order valence-corrected chi connectivity index (χ2v) is 31.6. The van der Waals surface area contributed by atoms with Crippen LogP contribution >= 0.6 is 0 Å². The molecule has 0 atom stereocenters. The predicted molar refractivity (Wildman–Crippen MR) is 527 cm³/mol. The van der Waals surface area contributed by atoms with E-state index in [9.17, 15) is 82.3 Å². The average molecular weight is 1940 g/mol. The van der Waals surface area contributed by atoms with Crippen molar-refractivity contribution in [3.05, 3.63) is 423 Å². The Bertz CT molecular complexity index is 8340. The normalized spacial score (nSPS) is 11.9. The van der Waals surface area contributed by atoms with E-state index in [0.29, 0.717) is 83.0 Å². The number of carbonyl (C=O) groups excluding carboxylic acids is 5. The minimum absolute atomic E-state index is 0.00348. The van der Waals surface area contributed by atoms with Crippen LogP contribution in [-0.2, 0) is 4.79 Å². The van der Waals surface area contributed by atoms with Crippen molar-refractivity contribution in [2.75, 3.05) is 33.7 Å². The van der Waals surface area contributed by atoms with E-state index in [4.69, 9.17) is 4.74 Å². The fourth-order valence-electron chi connectivity index (χ4n) is 14.3. The lowest BCUT2D eigenvalue weighted by molar-refractivity contribution is -0.122. The van der Waals surface area contributed by atoms with Crippen LogP contribution in [0.25, 0.3) is 115 Å². The zero-order valence-corrected chi connectivity index (χ0v) is 74.4. The molecule has 0 spiro atoms. The molecule has 0 bridgehead atoms. The molecule has 28 nitrogen and oxygen atoms in total. The Hall–Kier alpha value is -19.3. The topological polar surface area (TPSA) is 410 Å². The quantitative estimate of drug-likeness (QED) is 0.0297. The number of amides is 5. The Labute approximate surface area is 800 Å². The van der Waals surface area contributed by atoms with Gasteiger partial charge in [-0.2, -0.15) is 25.5 Å². The number of aromatic amines is 8. The van der Waals surface area contributed by atoms with Crippen LogP contribution in [0.2, 0.25) is 0 Å². The molecule has 143 heavy (non-hydrogen) atoms. The summed E-state index contributed by atoms with van der Waals surface area (Å²) in [6.45, 7) is 0. The number of anilines is 5. The maximum Gasteiger partial charge on any atom is 0.272 e. The van der Waals surface area contributed by atoms with E-state index in [2.05, 4.69) is 97.5 Å². The molecule has 38 heteroatoms. The lowest BCUT2D eigenvalue weighted by Gasteiger charge is -2.24. The number of aromatic nitrogens is 14. The van der Waals surface area contributed by atoms with E-state index in [1.54, 1.807) is 134 Å². The molecule has 1 fully saturated rings. The number of hydrogen-bond donors (Lipinski definition) is 13. The number of benzene rings is 10. The highest BCUT2D eigenvalue weighted by Gasteiger charge is 2.27. The first-order valence-corrected chi connectivity index (χ1v) is 43.3. The molecule has 10 aromatic carbocycles. The fourth-order valence-corrected chi connectivity index (χ4v) is 14.3. The zero-order chi connectivity index (χ0) is 100. The molecule has 1 aliphatic rings. The molecule has 19 aromatic rings. The minimum atomic E-state index is -0.725. The van der Waals surface area contributed by atoms with Gasteiger partial charge >= 0.3 is 0 Å². The third kappa shape index (κ3) is 24.4. The first-order valence-electron chi connectivity index (χ1n) is 43.3. The van der Waals surface area contributed by atoms with Crippen LogP contribution in [0.5, 0.6) is 5.88 Å². The lowest BCUT2D eigenvalue weighted by atomic mass is 9.85. The molecule has 9 heterocycles. The van der Waals surface area contributed by atoms with Gasteiger partial charge in [-0.25, -0.2) is 48.9 Å². The summed E-state index contributed by atoms with van der Waals surface area (Å²) >= 11 is 0. The van der Waals surface area contributed by atoms with Gasteiger partial charge in [0.1, 0.15) is 75.0 Å². The monoisotopic (exact) mass is 1940 g/mol. The first-order chi connectivity index (χ1) is 69.1. The van der Waals surface area contributed by atoms with Crippen LogP contribution in [0, 0.1) is 64.1 Å². The summed E-state index contributed by atoms with van der Waals surface area (Å²) in [5.74, 6) is -7.18. The summed E-state index contributed by atoms with van der Waals surface area (Å²) in [7, 11) is 1.40. The molecule has 20 rings (SSSR count). The Kier molecular flexibility index (Phi) is 29.9. The Balaban J connectivity index is 0.000000128. The van der Waals surface area contributed by atoms with Gasteiger partial charge in [-0.1, -0.05) is 104 Å². The van der Waals surface area contributed by atoms with Crippen LogP contribution in [0.4, 0.5) is 72.3 Å². The van der Waals surface area contributed by atoms with Gasteiger partial charge in [0.05, 0.1) is 97.2 Å². The summed E-state index contributed by atoms with van der Waals surface area (Å²) in [6.07, 6.45) is 24.3. The molecule has 0 radical (unpaired) electrons. The molecular formula is C105H75F10N19O9. The standard InChI is InChI=1S/C22H16F2N4O2.3C21H14F2N4O2.C20H17F2N3O/c1-30-22-15(3-2-10-25-22)21(29)26-20-11-16-18(27-28-19(16)12-17(20)24)9-6-13-4-7-14(23)8-5-13;22-14-5-1-12(2-6-14)3-7-17-15-9-19(16(23)10-18(15)27-26-17)25-21(29)13-4-8-20(28)24-11-13;22-13-6-3-12(4-7-13)5-8-17-15-10-19(16(23)11-18(15)27-26-17)25-21(29)14-2-1-9-24-20(14)28;22-13-7-4-12(5-8-13)6-9-16-14-10-19(15(23)11-18(14)27-26-16)25-21(29)17-2-1-3-20(28)24-17;21-14-7-4-12(5-8-14)6-9-17-15-10-19(16(22)11-18(15)25-24-17)23-20(26)13-2-1-3-13/h2-12H,1H3,(H,26,29)(H,27,28);3*1-11H,(H,24,28)(H,25,29)(H,26,27);4-11,13H,1-3H2,(H,23,26)(H,24,25)/b9-6+;7-3+;8-5+;2*9-6+. The number of rotatable bonds is 21. The summed E-state index contributed by atoms with van der Waals surface area (Å²) in [5.41, 5.74) is 7.93. The van der Waals surface area contributed by atoms with E-state index in [-0.39, 0.29) is 103 Å². The molecule has 13 N–H and O–H groups in total. The summed E-state index contributed by atoms with van der Waals surface area (Å²) in [5, 5.41) is 50.2. The summed E-state index contributed by atoms with van der Waals surface area (Å²) in [4.78, 5) is 107. The van der Waals surface area contributed by atoms with Crippen molar-refractivity contribution in [3.8, 4) is 5.88 Å². The third-order valence-corrected chi connectivity index (χ3v) is 22.0. The lowest BCUT2D eigenvalue weighted by Crippen LogP contribution is -2.28. The van der Waals surface area contributed by atoms with Crippen LogP contribution in [-0.4, -0.2) is 108 Å². The number of fused-ring (bicyclic) bond motifs is 5. The molecule has 0 unspecified atom stereocenters. The van der Waals surface area contributed by atoms with Gasteiger partial charge in [0.15, 0.2) is 0 Å². The maximum atomic E-state index is 14.5. The molecule has 0 saturated heterocycles. The highest BCUT2D eigenvalue weighted by Crippen LogP contribution is 2.35. The van der Waals surface area contributed by atoms with Gasteiger partial charge in [0, 0.05) is 93.9 Å². The minimum Gasteiger partial charge on any atom is -0.480 e. The van der Waals surface area contributed by atoms with Gasteiger partial charge < -0.3 is 46.3 Å². The van der Waals surface area contributed by atoms with Crippen LogP contribution in [0.15, 0.2) is 270 Å². The maximum absolute atomic E-state index is 14.5. The van der Waals surface area contributed by atoms with E-state index < -0.39 is 63.8 Å². The number of carbonyl (C=O) groups is 5. The Morgan fingerprint density at radius 1 is 0.343 bits per heavy atom. The summed E-state index contributed by atoms with van der Waals surface area (Å²) < 4.78 is 142. The second-order valence-electron chi connectivity index (χ2n) is 31.6. The number of halogens is 10. The highest BCUT2D eigenvalue weighted by molar-refractivity contribution is 6.09. The van der Waals surface area contributed by atoms with Crippen LogP contribution < -0.4 is 48.0 Å². The highest BCUT2D eigenvalue weighted by atomic mass is 19.2. The smallest absolute Gasteiger partial charge is 0.272 e. The zero-order valence-electron chi connectivity index (χ0n) is 74.4. The molecule has 714 valence electrons. The van der Waals surface area contributed by atoms with Gasteiger partial charge in [-0.3, -0.25) is 63.8 Å². The van der Waals surface area contributed by atoms with Crippen molar-refractivity contribution in [3.63, 3.8) is 0 Å². The number of methoxy groups -OCH3 is 1. The van der Waals surface area contributed by atoms with Crippen molar-refractivity contribution in [1.82, 2.24) is 70.9 Å². The van der Waals surface area contributed by atoms with Gasteiger partial charge in [-0.15, -0.1) is 0 Å². The molecule has 9 aromatic heterocycles. The van der Waals surface area contributed by atoms with Crippen LogP contribution in [0.1, 0.15) is 117 Å². The van der Waals surface area contributed by atoms with Crippen molar-refractivity contribution in [1.29, 1.82) is 0 Å². The SMILES string of the molecule is COc1ncccc1C(=O)Nc1cc2c(/C=C/c3ccc(F)cc3)n[nH]c2cc1F.O=C(Nc1cc2c(/C=C/c3ccc(F)cc3)n[nH]c2cc1F)C1CCC1.O=C(Nc1cc2c(/C=C/c3ccc(F)cc3)n[nH]c2cc1F)c1ccc(=O)[nH]c1.O=C(Nc1cc2c(/C=C/c3ccc(F)cc3)n[nH]c2cc1F)c1ccc[nH]c1=O.O=C(Nc1cc2c(/C=C/c3ccc(F)cc3)n[nH]c2cc1F)c1cccc(=O)[nH]1. The Morgan fingerprint density at radius 2 is 0.678 bits per heavy atom. The third-order valence-electron chi connectivity index (χ3n) is 22.0. The Morgan fingerprint density at radius 3 is 1.00 bits per heavy atom. The molecule has 0 aliphatic heterocycles. The van der Waals surface area contributed by atoms with Crippen molar-refractivity contribution in [2.24, 2.45) is 5.92 Å². The van der Waals surface area contributed by atoms with Gasteiger partial charge in [0.25, 0.3) is 29.2 Å². The molecule has 1 aliphatic carbocycles.